The highest BCUT2D eigenvalue weighted by Gasteiger charge is 2.30. The van der Waals surface area contributed by atoms with Crippen LogP contribution < -0.4 is 5.73 Å². The second kappa shape index (κ2) is 6.33. The minimum absolute atomic E-state index is 0.149. The number of halogens is 2. The molecule has 4 heteroatoms. The molecule has 0 aromatic heterocycles. The van der Waals surface area contributed by atoms with Crippen LogP contribution in [0.2, 0.25) is 0 Å². The van der Waals surface area contributed by atoms with E-state index >= 15 is 0 Å². The van der Waals surface area contributed by atoms with E-state index in [-0.39, 0.29) is 11.9 Å². The largest absolute Gasteiger partial charge is 0.329 e. The third-order valence-corrected chi connectivity index (χ3v) is 4.46. The summed E-state index contributed by atoms with van der Waals surface area (Å²) in [4.78, 5) is 2.44. The second-order valence-electron chi connectivity index (χ2n) is 5.65. The van der Waals surface area contributed by atoms with E-state index in [1.165, 1.54) is 25.0 Å². The lowest BCUT2D eigenvalue weighted by molar-refractivity contribution is 0.149. The predicted octanol–water partition coefficient (Wildman–Crippen LogP) is 3.71. The van der Waals surface area contributed by atoms with Crippen LogP contribution in [-0.4, -0.2) is 24.0 Å². The quantitative estimate of drug-likeness (QED) is 0.862. The fourth-order valence-corrected chi connectivity index (χ4v) is 3.12. The molecule has 1 aliphatic rings. The Kier molecular flexibility index (Phi) is 4.98. The molecule has 2 nitrogen and oxygen atoms in total. The fraction of sp³-hybridized carbons (Fsp3) is 0.600. The van der Waals surface area contributed by atoms with Gasteiger partial charge in [-0.1, -0.05) is 22.0 Å². The highest BCUT2D eigenvalue weighted by Crippen LogP contribution is 2.35. The lowest BCUT2D eigenvalue weighted by Gasteiger charge is -2.35. The van der Waals surface area contributed by atoms with Gasteiger partial charge in [0.1, 0.15) is 5.82 Å². The zero-order valence-corrected chi connectivity index (χ0v) is 13.2. The van der Waals surface area contributed by atoms with E-state index in [1.807, 2.05) is 6.07 Å². The maximum absolute atomic E-state index is 13.2. The lowest BCUT2D eigenvalue weighted by Crippen LogP contribution is -2.40. The summed E-state index contributed by atoms with van der Waals surface area (Å²) in [5, 5.41) is 0. The van der Waals surface area contributed by atoms with Crippen LogP contribution in [0.3, 0.4) is 0 Å². The van der Waals surface area contributed by atoms with Crippen LogP contribution in [0.5, 0.6) is 0 Å². The number of hydrogen-bond acceptors (Lipinski definition) is 2. The molecular weight excluding hydrogens is 307 g/mol. The highest BCUT2D eigenvalue weighted by atomic mass is 79.9. The molecule has 2 rings (SSSR count). The molecule has 0 amide bonds. The monoisotopic (exact) mass is 328 g/mol. The molecule has 1 aliphatic carbocycles. The van der Waals surface area contributed by atoms with Crippen molar-refractivity contribution in [2.24, 2.45) is 11.7 Å². The summed E-state index contributed by atoms with van der Waals surface area (Å²) in [5.41, 5.74) is 7.07. The Labute approximate surface area is 123 Å². The standard InChI is InChI=1S/C15H22BrFN2/c1-10(2)19(9-11-3-4-11)15(8-18)13-6-5-12(17)7-14(13)16/h5-7,10-11,15H,3-4,8-9,18H2,1-2H3. The van der Waals surface area contributed by atoms with E-state index in [9.17, 15) is 4.39 Å². The molecule has 1 fully saturated rings. The van der Waals surface area contributed by atoms with Gasteiger partial charge in [0, 0.05) is 29.6 Å². The van der Waals surface area contributed by atoms with Crippen molar-refractivity contribution in [3.63, 3.8) is 0 Å². The third kappa shape index (κ3) is 3.77. The van der Waals surface area contributed by atoms with Gasteiger partial charge in [-0.3, -0.25) is 4.90 Å². The minimum atomic E-state index is -0.218. The number of benzene rings is 1. The smallest absolute Gasteiger partial charge is 0.124 e. The first kappa shape index (κ1) is 14.9. The highest BCUT2D eigenvalue weighted by molar-refractivity contribution is 9.10. The normalized spacial score (nSPS) is 17.2. The molecule has 0 saturated heterocycles. The van der Waals surface area contributed by atoms with Crippen LogP contribution in [-0.2, 0) is 0 Å². The molecule has 19 heavy (non-hydrogen) atoms. The van der Waals surface area contributed by atoms with Gasteiger partial charge < -0.3 is 5.73 Å². The maximum atomic E-state index is 13.2. The van der Waals surface area contributed by atoms with Crippen molar-refractivity contribution in [1.82, 2.24) is 4.90 Å². The second-order valence-corrected chi connectivity index (χ2v) is 6.51. The number of nitrogens with zero attached hydrogens (tertiary/aromatic N) is 1. The first-order chi connectivity index (χ1) is 9.02. The van der Waals surface area contributed by atoms with Gasteiger partial charge in [-0.05, 0) is 50.3 Å². The molecule has 106 valence electrons. The fourth-order valence-electron chi connectivity index (χ4n) is 2.51. The summed E-state index contributed by atoms with van der Waals surface area (Å²) in [5.74, 6) is 0.598. The Balaban J connectivity index is 2.24. The summed E-state index contributed by atoms with van der Waals surface area (Å²) in [6.45, 7) is 6.03. The number of rotatable bonds is 6. The topological polar surface area (TPSA) is 29.3 Å². The van der Waals surface area contributed by atoms with Crippen LogP contribution in [0.15, 0.2) is 22.7 Å². The predicted molar refractivity (Wildman–Crippen MR) is 80.5 cm³/mol. The van der Waals surface area contributed by atoms with E-state index in [2.05, 4.69) is 34.7 Å². The van der Waals surface area contributed by atoms with Gasteiger partial charge in [0.05, 0.1) is 0 Å². The molecule has 1 atom stereocenters. The summed E-state index contributed by atoms with van der Waals surface area (Å²) in [6.07, 6.45) is 2.65. The molecule has 2 N–H and O–H groups in total. The maximum Gasteiger partial charge on any atom is 0.124 e. The SMILES string of the molecule is CC(C)N(CC1CC1)C(CN)c1ccc(F)cc1Br. The van der Waals surface area contributed by atoms with Gasteiger partial charge in [-0.15, -0.1) is 0 Å². The zero-order valence-electron chi connectivity index (χ0n) is 11.6. The van der Waals surface area contributed by atoms with Gasteiger partial charge in [-0.25, -0.2) is 4.39 Å². The van der Waals surface area contributed by atoms with E-state index in [4.69, 9.17) is 5.73 Å². The summed E-state index contributed by atoms with van der Waals surface area (Å²) in [7, 11) is 0. The Hall–Kier alpha value is -0.450. The molecule has 1 unspecified atom stereocenters. The molecule has 1 aromatic carbocycles. The molecule has 1 aromatic rings. The van der Waals surface area contributed by atoms with E-state index in [0.29, 0.717) is 12.6 Å². The van der Waals surface area contributed by atoms with Gasteiger partial charge in [-0.2, -0.15) is 0 Å². The Morgan fingerprint density at radius 1 is 1.42 bits per heavy atom. The molecule has 0 bridgehead atoms. The Bertz CT molecular complexity index is 432. The summed E-state index contributed by atoms with van der Waals surface area (Å²) in [6, 6.07) is 5.47. The van der Waals surface area contributed by atoms with Crippen molar-refractivity contribution in [2.75, 3.05) is 13.1 Å². The molecule has 0 heterocycles. The molecular formula is C15H22BrFN2. The first-order valence-electron chi connectivity index (χ1n) is 6.93. The van der Waals surface area contributed by atoms with E-state index < -0.39 is 0 Å². The average Bonchev–Trinajstić information content (AvgIpc) is 3.14. The van der Waals surface area contributed by atoms with Crippen LogP contribution >= 0.6 is 15.9 Å². The van der Waals surface area contributed by atoms with Crippen molar-refractivity contribution in [1.29, 1.82) is 0 Å². The number of nitrogens with two attached hydrogens (primary N) is 1. The molecule has 1 saturated carbocycles. The molecule has 0 aliphatic heterocycles. The van der Waals surface area contributed by atoms with Gasteiger partial charge in [0.25, 0.3) is 0 Å². The van der Waals surface area contributed by atoms with Crippen molar-refractivity contribution < 1.29 is 4.39 Å². The van der Waals surface area contributed by atoms with E-state index in [1.54, 1.807) is 0 Å². The van der Waals surface area contributed by atoms with Gasteiger partial charge >= 0.3 is 0 Å². The minimum Gasteiger partial charge on any atom is -0.329 e. The molecule has 0 spiro atoms. The summed E-state index contributed by atoms with van der Waals surface area (Å²) >= 11 is 3.47. The first-order valence-corrected chi connectivity index (χ1v) is 7.73. The van der Waals surface area contributed by atoms with Crippen molar-refractivity contribution in [3.8, 4) is 0 Å². The van der Waals surface area contributed by atoms with Crippen LogP contribution in [0.25, 0.3) is 0 Å². The average molecular weight is 329 g/mol. The van der Waals surface area contributed by atoms with Crippen molar-refractivity contribution in [3.05, 3.63) is 34.1 Å². The summed E-state index contributed by atoms with van der Waals surface area (Å²) < 4.78 is 14.0. The lowest BCUT2D eigenvalue weighted by atomic mass is 10.0. The number of hydrogen-bond donors (Lipinski definition) is 1. The third-order valence-electron chi connectivity index (χ3n) is 3.77. The van der Waals surface area contributed by atoms with Gasteiger partial charge in [0.15, 0.2) is 0 Å². The van der Waals surface area contributed by atoms with Crippen LogP contribution in [0, 0.1) is 11.7 Å². The van der Waals surface area contributed by atoms with Crippen LogP contribution in [0.1, 0.15) is 38.3 Å². The zero-order chi connectivity index (χ0) is 14.0. The van der Waals surface area contributed by atoms with Gasteiger partial charge in [0.2, 0.25) is 0 Å². The van der Waals surface area contributed by atoms with Crippen LogP contribution in [0.4, 0.5) is 4.39 Å². The van der Waals surface area contributed by atoms with Crippen molar-refractivity contribution >= 4 is 15.9 Å². The Morgan fingerprint density at radius 3 is 2.58 bits per heavy atom. The Morgan fingerprint density at radius 2 is 2.11 bits per heavy atom. The molecule has 0 radical (unpaired) electrons. The van der Waals surface area contributed by atoms with Crippen molar-refractivity contribution in [2.45, 2.75) is 38.8 Å². The van der Waals surface area contributed by atoms with E-state index in [0.717, 1.165) is 22.5 Å².